The van der Waals surface area contributed by atoms with Gasteiger partial charge in [-0.05, 0) is 60.4 Å². The summed E-state index contributed by atoms with van der Waals surface area (Å²) >= 11 is 2.05. The zero-order valence-corrected chi connectivity index (χ0v) is 20.3. The van der Waals surface area contributed by atoms with Crippen molar-refractivity contribution in [3.63, 3.8) is 0 Å². The standard InChI is InChI=1S/C26H26BIN2O/c1-19-17-22(20-9-5-4-6-10-20)23-18-21(12-13-24(23)30-19)26(31-28,14-15-27(2)3)25-11-7-8-16-29-25/h4-13,16-18H,14-15H2,1-3H3. The van der Waals surface area contributed by atoms with Crippen molar-refractivity contribution in [1.29, 1.82) is 0 Å². The Morgan fingerprint density at radius 3 is 2.42 bits per heavy atom. The van der Waals surface area contributed by atoms with Crippen LogP contribution in [0.4, 0.5) is 0 Å². The molecule has 2 aromatic carbocycles. The Kier molecular flexibility index (Phi) is 6.72. The molecule has 3 nitrogen and oxygen atoms in total. The lowest BCUT2D eigenvalue weighted by Crippen LogP contribution is -2.30. The van der Waals surface area contributed by atoms with Crippen molar-refractivity contribution in [2.45, 2.75) is 38.9 Å². The molecular weight excluding hydrogens is 494 g/mol. The molecule has 0 fully saturated rings. The number of rotatable bonds is 7. The van der Waals surface area contributed by atoms with Crippen LogP contribution in [0.2, 0.25) is 20.0 Å². The second kappa shape index (κ2) is 9.49. The fourth-order valence-corrected chi connectivity index (χ4v) is 4.80. The molecule has 0 amide bonds. The molecule has 0 spiro atoms. The fraction of sp³-hybridized carbons (Fsp3) is 0.231. The average Bonchev–Trinajstić information content (AvgIpc) is 2.80. The number of halogens is 1. The van der Waals surface area contributed by atoms with Gasteiger partial charge in [0.1, 0.15) is 35.3 Å². The van der Waals surface area contributed by atoms with E-state index in [2.05, 4.69) is 75.2 Å². The molecule has 31 heavy (non-hydrogen) atoms. The lowest BCUT2D eigenvalue weighted by Gasteiger charge is -2.32. The summed E-state index contributed by atoms with van der Waals surface area (Å²) in [5, 5.41) is 1.13. The quantitative estimate of drug-likeness (QED) is 0.189. The Balaban J connectivity index is 1.94. The minimum Gasteiger partial charge on any atom is -0.298 e. The fourth-order valence-electron chi connectivity index (χ4n) is 4.10. The van der Waals surface area contributed by atoms with Gasteiger partial charge in [-0.25, -0.2) is 0 Å². The van der Waals surface area contributed by atoms with Crippen LogP contribution in [0, 0.1) is 6.92 Å². The number of aryl methyl sites for hydroxylation is 1. The van der Waals surface area contributed by atoms with Gasteiger partial charge in [0.05, 0.1) is 11.2 Å². The number of pyridine rings is 2. The largest absolute Gasteiger partial charge is 0.298 e. The van der Waals surface area contributed by atoms with Crippen LogP contribution in [-0.4, -0.2) is 16.7 Å². The van der Waals surface area contributed by atoms with Crippen LogP contribution >= 0.6 is 23.0 Å². The number of hydrogen-bond acceptors (Lipinski definition) is 3. The molecule has 2 aromatic heterocycles. The predicted molar refractivity (Wildman–Crippen MR) is 139 cm³/mol. The van der Waals surface area contributed by atoms with E-state index in [1.165, 1.54) is 11.1 Å². The van der Waals surface area contributed by atoms with E-state index in [1.54, 1.807) is 0 Å². The first-order valence-electron chi connectivity index (χ1n) is 10.7. The monoisotopic (exact) mass is 520 g/mol. The van der Waals surface area contributed by atoms with Gasteiger partial charge in [0, 0.05) is 17.3 Å². The molecule has 156 valence electrons. The summed E-state index contributed by atoms with van der Waals surface area (Å²) in [4.78, 5) is 9.51. The Morgan fingerprint density at radius 1 is 0.968 bits per heavy atom. The van der Waals surface area contributed by atoms with Gasteiger partial charge in [0.15, 0.2) is 0 Å². The third-order valence-electron chi connectivity index (χ3n) is 5.77. The Morgan fingerprint density at radius 2 is 1.74 bits per heavy atom. The maximum absolute atomic E-state index is 6.27. The third kappa shape index (κ3) is 4.53. The highest BCUT2D eigenvalue weighted by molar-refractivity contribution is 14.1. The highest BCUT2D eigenvalue weighted by atomic mass is 127. The second-order valence-electron chi connectivity index (χ2n) is 8.46. The number of benzene rings is 2. The summed E-state index contributed by atoms with van der Waals surface area (Å²) < 4.78 is 6.27. The van der Waals surface area contributed by atoms with E-state index in [4.69, 9.17) is 13.0 Å². The van der Waals surface area contributed by atoms with E-state index in [0.717, 1.165) is 40.6 Å². The maximum Gasteiger partial charge on any atom is 0.147 e. The molecule has 0 aliphatic heterocycles. The van der Waals surface area contributed by atoms with E-state index in [0.29, 0.717) is 6.71 Å². The van der Waals surface area contributed by atoms with Crippen molar-refractivity contribution in [2.24, 2.45) is 0 Å². The van der Waals surface area contributed by atoms with E-state index >= 15 is 0 Å². The number of fused-ring (bicyclic) bond motifs is 1. The summed E-state index contributed by atoms with van der Waals surface area (Å²) in [6, 6.07) is 25.2. The number of hydrogen-bond donors (Lipinski definition) is 0. The molecule has 1 atom stereocenters. The van der Waals surface area contributed by atoms with Crippen LogP contribution in [0.25, 0.3) is 22.0 Å². The molecule has 5 heteroatoms. The van der Waals surface area contributed by atoms with Crippen LogP contribution in [-0.2, 0) is 8.67 Å². The molecule has 0 saturated heterocycles. The van der Waals surface area contributed by atoms with Crippen molar-refractivity contribution >= 4 is 40.6 Å². The lowest BCUT2D eigenvalue weighted by molar-refractivity contribution is 0.165. The summed E-state index contributed by atoms with van der Waals surface area (Å²) in [6.07, 6.45) is 3.74. The van der Waals surface area contributed by atoms with Crippen LogP contribution in [0.1, 0.15) is 23.4 Å². The lowest BCUT2D eigenvalue weighted by atomic mass is 9.50. The van der Waals surface area contributed by atoms with Crippen LogP contribution in [0.15, 0.2) is 79.0 Å². The van der Waals surface area contributed by atoms with Gasteiger partial charge in [-0.15, -0.1) is 0 Å². The molecule has 0 bridgehead atoms. The molecule has 0 N–H and O–H groups in total. The first-order chi connectivity index (χ1) is 15.0. The molecule has 1 unspecified atom stereocenters. The van der Waals surface area contributed by atoms with Gasteiger partial charge >= 0.3 is 0 Å². The van der Waals surface area contributed by atoms with Crippen LogP contribution < -0.4 is 0 Å². The molecule has 0 radical (unpaired) electrons. The van der Waals surface area contributed by atoms with Crippen LogP contribution in [0.3, 0.4) is 0 Å². The maximum atomic E-state index is 6.27. The van der Waals surface area contributed by atoms with Crippen molar-refractivity contribution in [1.82, 2.24) is 9.97 Å². The second-order valence-corrected chi connectivity index (χ2v) is 8.90. The molecule has 4 rings (SSSR count). The van der Waals surface area contributed by atoms with Crippen molar-refractivity contribution in [3.05, 3.63) is 95.9 Å². The predicted octanol–water partition coefficient (Wildman–Crippen LogP) is 7.36. The molecule has 2 heterocycles. The zero-order chi connectivity index (χ0) is 21.8. The zero-order valence-electron chi connectivity index (χ0n) is 18.2. The topological polar surface area (TPSA) is 35.0 Å². The van der Waals surface area contributed by atoms with E-state index in [9.17, 15) is 0 Å². The van der Waals surface area contributed by atoms with E-state index in [1.807, 2.05) is 47.4 Å². The van der Waals surface area contributed by atoms with Gasteiger partial charge in [-0.2, -0.15) is 0 Å². The molecule has 0 saturated carbocycles. The summed E-state index contributed by atoms with van der Waals surface area (Å²) in [5.41, 5.74) is 5.82. The highest BCUT2D eigenvalue weighted by Crippen LogP contribution is 2.41. The van der Waals surface area contributed by atoms with Crippen molar-refractivity contribution in [3.8, 4) is 11.1 Å². The van der Waals surface area contributed by atoms with Gasteiger partial charge in [-0.1, -0.05) is 62.4 Å². The van der Waals surface area contributed by atoms with E-state index < -0.39 is 5.60 Å². The molecule has 0 aliphatic rings. The van der Waals surface area contributed by atoms with Crippen molar-refractivity contribution < 1.29 is 3.07 Å². The first kappa shape index (κ1) is 22.0. The summed E-state index contributed by atoms with van der Waals surface area (Å²) in [6.45, 7) is 7.11. The minimum absolute atomic E-state index is 0.569. The number of nitrogens with zero attached hydrogens (tertiary/aromatic N) is 2. The third-order valence-corrected chi connectivity index (χ3v) is 6.52. The van der Waals surface area contributed by atoms with Crippen molar-refractivity contribution in [2.75, 3.05) is 0 Å². The normalized spacial score (nSPS) is 13.2. The summed E-state index contributed by atoms with van der Waals surface area (Å²) in [5.74, 6) is 0. The SMILES string of the molecule is CB(C)CCC(OI)(c1ccc2nc(C)cc(-c3ccccc3)c2c1)c1ccccn1. The molecular formula is C26H26BIN2O. The molecule has 0 aliphatic carbocycles. The van der Waals surface area contributed by atoms with Crippen LogP contribution in [0.5, 0.6) is 0 Å². The molecule has 4 aromatic rings. The van der Waals surface area contributed by atoms with Gasteiger partial charge in [-0.3, -0.25) is 13.0 Å². The summed E-state index contributed by atoms with van der Waals surface area (Å²) in [7, 11) is 0. The first-order valence-corrected chi connectivity index (χ1v) is 11.6. The Bertz CT molecular complexity index is 1170. The minimum atomic E-state index is -0.612. The Labute approximate surface area is 199 Å². The Hall–Kier alpha value is -2.25. The van der Waals surface area contributed by atoms with Gasteiger partial charge in [0.25, 0.3) is 0 Å². The smallest absolute Gasteiger partial charge is 0.147 e. The number of aromatic nitrogens is 2. The van der Waals surface area contributed by atoms with Gasteiger partial charge in [0.2, 0.25) is 0 Å². The van der Waals surface area contributed by atoms with E-state index in [-0.39, 0.29) is 0 Å². The average molecular weight is 520 g/mol. The highest BCUT2D eigenvalue weighted by Gasteiger charge is 2.37. The van der Waals surface area contributed by atoms with Gasteiger partial charge < -0.3 is 0 Å².